The van der Waals surface area contributed by atoms with Crippen molar-refractivity contribution in [2.24, 2.45) is 5.16 Å². The molecule has 0 aromatic heterocycles. The van der Waals surface area contributed by atoms with E-state index in [9.17, 15) is 9.18 Å². The molecule has 0 saturated carbocycles. The first-order valence-electron chi connectivity index (χ1n) is 8.11. The van der Waals surface area contributed by atoms with Gasteiger partial charge in [-0.2, -0.15) is 0 Å². The van der Waals surface area contributed by atoms with E-state index in [0.29, 0.717) is 25.1 Å². The maximum absolute atomic E-state index is 13.1. The molecule has 1 unspecified atom stereocenters. The second-order valence-corrected chi connectivity index (χ2v) is 5.84. The minimum Gasteiger partial charge on any atom is -0.390 e. The van der Waals surface area contributed by atoms with Crippen LogP contribution in [0.4, 0.5) is 4.39 Å². The van der Waals surface area contributed by atoms with Gasteiger partial charge in [0.2, 0.25) is 0 Å². The van der Waals surface area contributed by atoms with E-state index in [1.165, 1.54) is 24.3 Å². The zero-order valence-electron chi connectivity index (χ0n) is 13.8. The van der Waals surface area contributed by atoms with Gasteiger partial charge in [-0.05, 0) is 29.8 Å². The van der Waals surface area contributed by atoms with Crippen LogP contribution in [-0.2, 0) is 4.84 Å². The summed E-state index contributed by atoms with van der Waals surface area (Å²) in [7, 11) is 0. The summed E-state index contributed by atoms with van der Waals surface area (Å²) in [4.78, 5) is 19.8. The monoisotopic (exact) mass is 338 g/mol. The molecule has 2 aromatic carbocycles. The second kappa shape index (κ2) is 7.75. The normalized spacial score (nSPS) is 16.0. The highest BCUT2D eigenvalue weighted by Gasteiger charge is 2.26. The summed E-state index contributed by atoms with van der Waals surface area (Å²) in [5.41, 5.74) is 2.33. The Labute approximate surface area is 146 Å². The van der Waals surface area contributed by atoms with Gasteiger partial charge in [0, 0.05) is 18.5 Å². The molecule has 1 amide bonds. The average molecular weight is 338 g/mol. The number of rotatable bonds is 6. The number of oxime groups is 1. The summed E-state index contributed by atoms with van der Waals surface area (Å²) in [6, 6.07) is 15.3. The molecule has 1 aliphatic heterocycles. The van der Waals surface area contributed by atoms with Gasteiger partial charge in [0.1, 0.15) is 5.82 Å². The molecule has 25 heavy (non-hydrogen) atoms. The van der Waals surface area contributed by atoms with Crippen molar-refractivity contribution in [2.45, 2.75) is 12.5 Å². The van der Waals surface area contributed by atoms with Crippen molar-refractivity contribution in [2.75, 3.05) is 13.1 Å². The number of amides is 1. The lowest BCUT2D eigenvalue weighted by Gasteiger charge is -2.23. The molecule has 1 aliphatic rings. The van der Waals surface area contributed by atoms with E-state index in [2.05, 4.69) is 11.7 Å². The van der Waals surface area contributed by atoms with Crippen molar-refractivity contribution >= 4 is 11.6 Å². The molecule has 3 rings (SSSR count). The number of benzene rings is 2. The third-order valence-corrected chi connectivity index (χ3v) is 3.99. The Balaban J connectivity index is 1.66. The minimum absolute atomic E-state index is 0.184. The van der Waals surface area contributed by atoms with Crippen LogP contribution in [0.2, 0.25) is 0 Å². The van der Waals surface area contributed by atoms with Crippen LogP contribution in [0.1, 0.15) is 22.3 Å². The number of hydrogen-bond acceptors (Lipinski definition) is 3. The molecule has 0 fully saturated rings. The van der Waals surface area contributed by atoms with Crippen LogP contribution in [0.25, 0.3) is 0 Å². The molecule has 0 bridgehead atoms. The van der Waals surface area contributed by atoms with Crippen molar-refractivity contribution in [1.82, 2.24) is 4.90 Å². The molecule has 128 valence electrons. The SMILES string of the molecule is C=CCN(CC1CC(c2ccccc2)=NO1)C(=O)c1ccc(F)cc1. The van der Waals surface area contributed by atoms with E-state index in [0.717, 1.165) is 11.3 Å². The topological polar surface area (TPSA) is 41.9 Å². The molecule has 0 spiro atoms. The fraction of sp³-hybridized carbons (Fsp3) is 0.200. The second-order valence-electron chi connectivity index (χ2n) is 5.84. The third-order valence-electron chi connectivity index (χ3n) is 3.99. The quantitative estimate of drug-likeness (QED) is 0.755. The lowest BCUT2D eigenvalue weighted by molar-refractivity contribution is 0.0450. The molecule has 4 nitrogen and oxygen atoms in total. The number of carbonyl (C=O) groups is 1. The van der Waals surface area contributed by atoms with E-state index in [-0.39, 0.29) is 17.8 Å². The number of halogens is 1. The first-order valence-corrected chi connectivity index (χ1v) is 8.11. The summed E-state index contributed by atoms with van der Waals surface area (Å²) in [5, 5.41) is 4.15. The summed E-state index contributed by atoms with van der Waals surface area (Å²) >= 11 is 0. The van der Waals surface area contributed by atoms with Crippen LogP contribution in [-0.4, -0.2) is 35.7 Å². The predicted octanol–water partition coefficient (Wildman–Crippen LogP) is 3.65. The van der Waals surface area contributed by atoms with E-state index in [1.54, 1.807) is 11.0 Å². The predicted molar refractivity (Wildman–Crippen MR) is 95.0 cm³/mol. The fourth-order valence-corrected chi connectivity index (χ4v) is 2.74. The Bertz CT molecular complexity index is 772. The summed E-state index contributed by atoms with van der Waals surface area (Å²) < 4.78 is 13.1. The van der Waals surface area contributed by atoms with Crippen molar-refractivity contribution in [1.29, 1.82) is 0 Å². The Hall–Kier alpha value is -2.95. The van der Waals surface area contributed by atoms with Gasteiger partial charge < -0.3 is 9.74 Å². The summed E-state index contributed by atoms with van der Waals surface area (Å²) in [5.74, 6) is -0.552. The standard InChI is InChI=1S/C20H19FN2O2/c1-2-12-23(20(24)16-8-10-17(21)11-9-16)14-18-13-19(22-25-18)15-6-4-3-5-7-15/h2-11,18H,1,12-14H2. The van der Waals surface area contributed by atoms with E-state index >= 15 is 0 Å². The number of nitrogens with zero attached hydrogens (tertiary/aromatic N) is 2. The maximum atomic E-state index is 13.1. The molecule has 0 radical (unpaired) electrons. The number of hydrogen-bond donors (Lipinski definition) is 0. The van der Waals surface area contributed by atoms with Crippen LogP contribution in [0.3, 0.4) is 0 Å². The van der Waals surface area contributed by atoms with Gasteiger partial charge in [0.25, 0.3) is 5.91 Å². The van der Waals surface area contributed by atoms with Crippen LogP contribution in [0.5, 0.6) is 0 Å². The van der Waals surface area contributed by atoms with Crippen molar-refractivity contribution in [3.63, 3.8) is 0 Å². The van der Waals surface area contributed by atoms with Gasteiger partial charge in [-0.25, -0.2) is 4.39 Å². The fourth-order valence-electron chi connectivity index (χ4n) is 2.74. The minimum atomic E-state index is -0.369. The molecule has 0 aliphatic carbocycles. The average Bonchev–Trinajstić information content (AvgIpc) is 3.11. The first-order chi connectivity index (χ1) is 12.2. The Kier molecular flexibility index (Phi) is 5.23. The van der Waals surface area contributed by atoms with Gasteiger partial charge in [0.15, 0.2) is 6.10 Å². The van der Waals surface area contributed by atoms with Crippen LogP contribution in [0, 0.1) is 5.82 Å². The van der Waals surface area contributed by atoms with Gasteiger partial charge in [0.05, 0.1) is 12.3 Å². The maximum Gasteiger partial charge on any atom is 0.254 e. The lowest BCUT2D eigenvalue weighted by Crippen LogP contribution is -2.37. The highest BCUT2D eigenvalue weighted by Crippen LogP contribution is 2.18. The Morgan fingerprint density at radius 2 is 1.96 bits per heavy atom. The molecule has 5 heteroatoms. The van der Waals surface area contributed by atoms with Gasteiger partial charge in [-0.3, -0.25) is 4.79 Å². The largest absolute Gasteiger partial charge is 0.390 e. The highest BCUT2D eigenvalue weighted by atomic mass is 19.1. The summed E-state index contributed by atoms with van der Waals surface area (Å²) in [6.07, 6.45) is 2.09. The van der Waals surface area contributed by atoms with Gasteiger partial charge in [-0.15, -0.1) is 6.58 Å². The highest BCUT2D eigenvalue weighted by molar-refractivity contribution is 6.01. The molecule has 0 saturated heterocycles. The third kappa shape index (κ3) is 4.12. The van der Waals surface area contributed by atoms with E-state index in [1.807, 2.05) is 30.3 Å². The zero-order valence-corrected chi connectivity index (χ0v) is 13.8. The molecular formula is C20H19FN2O2. The van der Waals surface area contributed by atoms with E-state index in [4.69, 9.17) is 4.84 Å². The van der Waals surface area contributed by atoms with Crippen molar-refractivity contribution in [3.05, 3.63) is 84.2 Å². The van der Waals surface area contributed by atoms with Crippen LogP contribution < -0.4 is 0 Å². The van der Waals surface area contributed by atoms with Crippen molar-refractivity contribution in [3.8, 4) is 0 Å². The molecule has 0 N–H and O–H groups in total. The molecule has 1 heterocycles. The molecular weight excluding hydrogens is 319 g/mol. The molecule has 1 atom stereocenters. The van der Waals surface area contributed by atoms with Crippen molar-refractivity contribution < 1.29 is 14.0 Å². The van der Waals surface area contributed by atoms with Crippen LogP contribution in [0.15, 0.2) is 72.4 Å². The Morgan fingerprint density at radius 1 is 1.24 bits per heavy atom. The molecule has 2 aromatic rings. The first kappa shape index (κ1) is 16.9. The summed E-state index contributed by atoms with van der Waals surface area (Å²) in [6.45, 7) is 4.48. The number of carbonyl (C=O) groups excluding carboxylic acids is 1. The lowest BCUT2D eigenvalue weighted by atomic mass is 10.0. The van der Waals surface area contributed by atoms with Gasteiger partial charge >= 0.3 is 0 Å². The smallest absolute Gasteiger partial charge is 0.254 e. The van der Waals surface area contributed by atoms with E-state index < -0.39 is 0 Å². The Morgan fingerprint density at radius 3 is 2.64 bits per heavy atom. The zero-order chi connectivity index (χ0) is 17.6. The van der Waals surface area contributed by atoms with Gasteiger partial charge in [-0.1, -0.05) is 41.6 Å². The van der Waals surface area contributed by atoms with Crippen LogP contribution >= 0.6 is 0 Å².